The highest BCUT2D eigenvalue weighted by atomic mass is 16.6. The lowest BCUT2D eigenvalue weighted by molar-refractivity contribution is -0.137. The number of pyridine rings is 1. The molecule has 30 heavy (non-hydrogen) atoms. The molecule has 1 aromatic carbocycles. The zero-order valence-corrected chi connectivity index (χ0v) is 17.5. The van der Waals surface area contributed by atoms with E-state index in [1.165, 1.54) is 19.4 Å². The molecule has 0 radical (unpaired) electrons. The van der Waals surface area contributed by atoms with E-state index in [1.54, 1.807) is 6.20 Å². The molecule has 3 heterocycles. The molecule has 1 atom stereocenters. The van der Waals surface area contributed by atoms with Gasteiger partial charge in [0.25, 0.3) is 11.8 Å². The average Bonchev–Trinajstić information content (AvgIpc) is 2.74. The summed E-state index contributed by atoms with van der Waals surface area (Å²) >= 11 is 0. The first-order chi connectivity index (χ1) is 14.4. The van der Waals surface area contributed by atoms with Gasteiger partial charge < -0.3 is 19.9 Å². The maximum atomic E-state index is 11.9. The predicted octanol–water partition coefficient (Wildman–Crippen LogP) is 2.45. The fourth-order valence-corrected chi connectivity index (χ4v) is 3.77. The molecule has 1 fully saturated rings. The third-order valence-electron chi connectivity index (χ3n) is 5.62. The number of benzene rings is 1. The van der Waals surface area contributed by atoms with Gasteiger partial charge in [0.15, 0.2) is 11.9 Å². The number of piperidine rings is 1. The smallest absolute Gasteiger partial charge is 0.257 e. The largest absolute Gasteiger partial charge is 0.484 e. The van der Waals surface area contributed by atoms with Crippen LogP contribution in [0, 0.1) is 0 Å². The molecule has 0 bridgehead atoms. The zero-order chi connectivity index (χ0) is 21.1. The molecular formula is C23H29N3O4. The van der Waals surface area contributed by atoms with Gasteiger partial charge >= 0.3 is 0 Å². The van der Waals surface area contributed by atoms with Crippen molar-refractivity contribution in [1.29, 1.82) is 0 Å². The molecule has 1 saturated heterocycles. The molecule has 1 unspecified atom stereocenters. The van der Waals surface area contributed by atoms with Crippen molar-refractivity contribution < 1.29 is 19.4 Å². The molecule has 0 spiro atoms. The van der Waals surface area contributed by atoms with Gasteiger partial charge in [0.1, 0.15) is 12.2 Å². The second kappa shape index (κ2) is 8.62. The number of fused-ring (bicyclic) bond motifs is 1. The highest BCUT2D eigenvalue weighted by molar-refractivity contribution is 5.84. The number of nitrogens with zero attached hydrogens (tertiary/aromatic N) is 2. The van der Waals surface area contributed by atoms with Crippen LogP contribution in [0.25, 0.3) is 0 Å². The van der Waals surface area contributed by atoms with Crippen molar-refractivity contribution in [2.45, 2.75) is 51.0 Å². The fraction of sp³-hybridized carbons (Fsp3) is 0.478. The number of nitrogens with one attached hydrogen (secondary N) is 1. The number of hydrogen-bond acceptors (Lipinski definition) is 6. The van der Waals surface area contributed by atoms with E-state index in [0.717, 1.165) is 38.0 Å². The third kappa shape index (κ3) is 4.91. The number of aromatic nitrogens is 1. The summed E-state index contributed by atoms with van der Waals surface area (Å²) in [4.78, 5) is 18.6. The molecule has 2 aliphatic heterocycles. The standard InChI is InChI=1S/C23H29N3O4/c1-23(2,28)22(27)25-18-9-12-26(13-10-18)14-16-5-7-17(8-6-16)20-15-29-19-4-3-11-24-21(19)30-20/h3-8,11,18,20,28H,9-10,12-15H2,1-2H3,(H,25,27). The summed E-state index contributed by atoms with van der Waals surface area (Å²) in [6, 6.07) is 12.3. The maximum absolute atomic E-state index is 11.9. The van der Waals surface area contributed by atoms with E-state index >= 15 is 0 Å². The first-order valence-electron chi connectivity index (χ1n) is 10.5. The minimum Gasteiger partial charge on any atom is -0.484 e. The van der Waals surface area contributed by atoms with Crippen molar-refractivity contribution in [3.63, 3.8) is 0 Å². The Morgan fingerprint density at radius 3 is 2.67 bits per heavy atom. The van der Waals surface area contributed by atoms with E-state index in [4.69, 9.17) is 9.47 Å². The lowest BCUT2D eigenvalue weighted by atomic mass is 10.0. The predicted molar refractivity (Wildman–Crippen MR) is 112 cm³/mol. The minimum atomic E-state index is -1.33. The third-order valence-corrected chi connectivity index (χ3v) is 5.62. The molecule has 4 rings (SSSR count). The van der Waals surface area contributed by atoms with Crippen LogP contribution >= 0.6 is 0 Å². The summed E-state index contributed by atoms with van der Waals surface area (Å²) < 4.78 is 11.7. The quantitative estimate of drug-likeness (QED) is 0.786. The van der Waals surface area contributed by atoms with Crippen LogP contribution in [0.15, 0.2) is 42.6 Å². The number of rotatable bonds is 5. The van der Waals surface area contributed by atoms with Crippen LogP contribution in [0.3, 0.4) is 0 Å². The molecule has 1 amide bonds. The van der Waals surface area contributed by atoms with E-state index in [-0.39, 0.29) is 18.1 Å². The maximum Gasteiger partial charge on any atom is 0.257 e. The van der Waals surface area contributed by atoms with Gasteiger partial charge in [-0.3, -0.25) is 9.69 Å². The molecule has 7 nitrogen and oxygen atoms in total. The average molecular weight is 412 g/mol. The molecule has 2 aliphatic rings. The Morgan fingerprint density at radius 2 is 1.97 bits per heavy atom. The Labute approximate surface area is 177 Å². The van der Waals surface area contributed by atoms with Gasteiger partial charge in [-0.05, 0) is 49.9 Å². The van der Waals surface area contributed by atoms with Crippen molar-refractivity contribution in [3.8, 4) is 11.6 Å². The Hall–Kier alpha value is -2.64. The summed E-state index contributed by atoms with van der Waals surface area (Å²) in [5.41, 5.74) is 0.987. The van der Waals surface area contributed by atoms with Crippen molar-refractivity contribution >= 4 is 5.91 Å². The number of hydrogen-bond donors (Lipinski definition) is 2. The minimum absolute atomic E-state index is 0.127. The number of ether oxygens (including phenoxy) is 2. The molecule has 7 heteroatoms. The molecule has 0 aliphatic carbocycles. The van der Waals surface area contributed by atoms with Crippen LogP contribution in [0.2, 0.25) is 0 Å². The second-order valence-corrected chi connectivity index (χ2v) is 8.55. The van der Waals surface area contributed by atoms with Crippen LogP contribution in [0.1, 0.15) is 43.9 Å². The zero-order valence-electron chi connectivity index (χ0n) is 17.5. The Kier molecular flexibility index (Phi) is 5.92. The van der Waals surface area contributed by atoms with E-state index in [9.17, 15) is 9.90 Å². The van der Waals surface area contributed by atoms with Crippen molar-refractivity contribution in [2.24, 2.45) is 0 Å². The first kappa shape index (κ1) is 20.6. The summed E-state index contributed by atoms with van der Waals surface area (Å²) in [5.74, 6) is 0.924. The molecule has 0 saturated carbocycles. The highest BCUT2D eigenvalue weighted by Crippen LogP contribution is 2.34. The van der Waals surface area contributed by atoms with Gasteiger partial charge in [0, 0.05) is 31.9 Å². The van der Waals surface area contributed by atoms with Gasteiger partial charge in [-0.15, -0.1) is 0 Å². The molecule has 1 aromatic heterocycles. The summed E-state index contributed by atoms with van der Waals surface area (Å²) in [5, 5.41) is 12.7. The van der Waals surface area contributed by atoms with Crippen molar-refractivity contribution in [1.82, 2.24) is 15.2 Å². The van der Waals surface area contributed by atoms with Crippen molar-refractivity contribution in [2.75, 3.05) is 19.7 Å². The summed E-state index contributed by atoms with van der Waals surface area (Å²) in [6.07, 6.45) is 3.32. The van der Waals surface area contributed by atoms with Gasteiger partial charge in [-0.25, -0.2) is 4.98 Å². The number of amides is 1. The number of aliphatic hydroxyl groups is 1. The SMILES string of the molecule is CC(C)(O)C(=O)NC1CCN(Cc2ccc(C3COc4cccnc4O3)cc2)CC1. The van der Waals surface area contributed by atoms with Crippen LogP contribution in [-0.4, -0.2) is 52.2 Å². The Balaban J connectivity index is 1.27. The van der Waals surface area contributed by atoms with Gasteiger partial charge in [-0.1, -0.05) is 24.3 Å². The van der Waals surface area contributed by atoms with E-state index in [1.807, 2.05) is 12.1 Å². The number of carbonyl (C=O) groups excluding carboxylic acids is 1. The first-order valence-corrected chi connectivity index (χ1v) is 10.5. The molecule has 160 valence electrons. The van der Waals surface area contributed by atoms with E-state index in [0.29, 0.717) is 18.2 Å². The monoisotopic (exact) mass is 411 g/mol. The fourth-order valence-electron chi connectivity index (χ4n) is 3.77. The van der Waals surface area contributed by atoms with E-state index < -0.39 is 5.60 Å². The van der Waals surface area contributed by atoms with Crippen LogP contribution in [0.4, 0.5) is 0 Å². The van der Waals surface area contributed by atoms with E-state index in [2.05, 4.69) is 39.5 Å². The normalized spacial score (nSPS) is 20.0. The van der Waals surface area contributed by atoms with Gasteiger partial charge in [0.2, 0.25) is 0 Å². The van der Waals surface area contributed by atoms with Crippen LogP contribution in [-0.2, 0) is 11.3 Å². The van der Waals surface area contributed by atoms with Crippen LogP contribution in [0.5, 0.6) is 11.6 Å². The topological polar surface area (TPSA) is 83.9 Å². The van der Waals surface area contributed by atoms with Crippen molar-refractivity contribution in [3.05, 3.63) is 53.7 Å². The number of carbonyl (C=O) groups is 1. The van der Waals surface area contributed by atoms with Crippen LogP contribution < -0.4 is 14.8 Å². The Bertz CT molecular complexity index is 871. The summed E-state index contributed by atoms with van der Waals surface area (Å²) in [7, 11) is 0. The Morgan fingerprint density at radius 1 is 1.23 bits per heavy atom. The second-order valence-electron chi connectivity index (χ2n) is 8.55. The molecule has 2 N–H and O–H groups in total. The molecular weight excluding hydrogens is 382 g/mol. The number of likely N-dealkylation sites (tertiary alicyclic amines) is 1. The lowest BCUT2D eigenvalue weighted by Gasteiger charge is -2.33. The highest BCUT2D eigenvalue weighted by Gasteiger charge is 2.28. The molecule has 2 aromatic rings. The lowest BCUT2D eigenvalue weighted by Crippen LogP contribution is -2.50. The van der Waals surface area contributed by atoms with Gasteiger partial charge in [-0.2, -0.15) is 0 Å². The van der Waals surface area contributed by atoms with Gasteiger partial charge in [0.05, 0.1) is 0 Å². The summed E-state index contributed by atoms with van der Waals surface area (Å²) in [6.45, 7) is 6.21.